The maximum absolute atomic E-state index is 11.8. The molecule has 0 aliphatic carbocycles. The first-order valence-electron chi connectivity index (χ1n) is 6.12. The summed E-state index contributed by atoms with van der Waals surface area (Å²) >= 11 is 1.58. The first kappa shape index (κ1) is 13.0. The molecule has 96 valence electrons. The van der Waals surface area contributed by atoms with Crippen molar-refractivity contribution < 1.29 is 4.79 Å². The second kappa shape index (κ2) is 5.06. The molecule has 0 radical (unpaired) electrons. The lowest BCUT2D eigenvalue weighted by molar-refractivity contribution is -0.116. The number of nitrogens with one attached hydrogen (secondary N) is 1. The van der Waals surface area contributed by atoms with Crippen LogP contribution in [0.15, 0.2) is 11.4 Å². The van der Waals surface area contributed by atoms with Gasteiger partial charge in [0.25, 0.3) is 0 Å². The molecule has 0 aliphatic rings. The van der Waals surface area contributed by atoms with Crippen LogP contribution in [-0.2, 0) is 4.79 Å². The van der Waals surface area contributed by atoms with Crippen molar-refractivity contribution in [2.45, 2.75) is 34.1 Å². The van der Waals surface area contributed by atoms with Crippen LogP contribution < -0.4 is 5.32 Å². The van der Waals surface area contributed by atoms with Gasteiger partial charge in [-0.05, 0) is 31.4 Å². The average molecular weight is 262 g/mol. The summed E-state index contributed by atoms with van der Waals surface area (Å²) in [7, 11) is 0. The van der Waals surface area contributed by atoms with E-state index in [-0.39, 0.29) is 5.91 Å². The molecule has 2 heterocycles. The molecule has 2 aromatic heterocycles. The zero-order valence-electron chi connectivity index (χ0n) is 11.2. The summed E-state index contributed by atoms with van der Waals surface area (Å²) in [6.07, 6.45) is 0.551. The fourth-order valence-corrected chi connectivity index (χ4v) is 3.04. The third-order valence-electron chi connectivity index (χ3n) is 2.74. The third-order valence-corrected chi connectivity index (χ3v) is 3.61. The van der Waals surface area contributed by atoms with E-state index in [4.69, 9.17) is 0 Å². The molecular weight excluding hydrogens is 244 g/mol. The molecule has 0 saturated heterocycles. The molecular formula is C14H18N2OS. The molecule has 0 spiro atoms. The van der Waals surface area contributed by atoms with Gasteiger partial charge in [0.05, 0.1) is 5.69 Å². The van der Waals surface area contributed by atoms with Crippen molar-refractivity contribution in [2.24, 2.45) is 5.92 Å². The van der Waals surface area contributed by atoms with Crippen LogP contribution in [0, 0.1) is 19.8 Å². The van der Waals surface area contributed by atoms with Crippen LogP contribution in [0.5, 0.6) is 0 Å². The molecule has 4 heteroatoms. The molecule has 1 amide bonds. The van der Waals surface area contributed by atoms with Crippen LogP contribution >= 0.6 is 11.3 Å². The molecule has 0 fully saturated rings. The van der Waals surface area contributed by atoms with Crippen LogP contribution in [0.25, 0.3) is 10.2 Å². The second-order valence-electron chi connectivity index (χ2n) is 5.06. The number of anilines is 1. The van der Waals surface area contributed by atoms with Gasteiger partial charge in [0, 0.05) is 22.9 Å². The van der Waals surface area contributed by atoms with Crippen molar-refractivity contribution in [3.05, 3.63) is 22.7 Å². The first-order valence-corrected chi connectivity index (χ1v) is 7.00. The van der Waals surface area contributed by atoms with Crippen LogP contribution in [0.1, 0.15) is 31.5 Å². The minimum Gasteiger partial charge on any atom is -0.325 e. The highest BCUT2D eigenvalue weighted by Gasteiger charge is 2.12. The largest absolute Gasteiger partial charge is 0.325 e. The van der Waals surface area contributed by atoms with Crippen molar-refractivity contribution in [2.75, 3.05) is 5.32 Å². The van der Waals surface area contributed by atoms with E-state index in [1.807, 2.05) is 32.2 Å². The highest BCUT2D eigenvalue weighted by atomic mass is 32.1. The second-order valence-corrected chi connectivity index (χ2v) is 5.91. The summed E-state index contributed by atoms with van der Waals surface area (Å²) in [4.78, 5) is 17.3. The molecule has 0 atom stereocenters. The predicted molar refractivity (Wildman–Crippen MR) is 77.2 cm³/mol. The van der Waals surface area contributed by atoms with Gasteiger partial charge in [-0.1, -0.05) is 13.8 Å². The summed E-state index contributed by atoms with van der Waals surface area (Å²) in [5, 5.41) is 6.03. The molecule has 1 N–H and O–H groups in total. The number of hydrogen-bond donors (Lipinski definition) is 1. The number of nitrogens with zero attached hydrogens (tertiary/aromatic N) is 1. The Kier molecular flexibility index (Phi) is 3.66. The van der Waals surface area contributed by atoms with Crippen molar-refractivity contribution in [3.63, 3.8) is 0 Å². The topological polar surface area (TPSA) is 42.0 Å². The third kappa shape index (κ3) is 2.70. The van der Waals surface area contributed by atoms with Crippen molar-refractivity contribution >= 4 is 33.1 Å². The molecule has 3 nitrogen and oxygen atoms in total. The number of fused-ring (bicyclic) bond motifs is 1. The van der Waals surface area contributed by atoms with E-state index in [1.54, 1.807) is 11.3 Å². The monoisotopic (exact) mass is 262 g/mol. The Bertz CT molecular complexity index is 587. The minimum atomic E-state index is 0.0738. The smallest absolute Gasteiger partial charge is 0.224 e. The highest BCUT2D eigenvalue weighted by Crippen LogP contribution is 2.32. The summed E-state index contributed by atoms with van der Waals surface area (Å²) in [5.41, 5.74) is 3.08. The molecule has 0 saturated carbocycles. The first-order chi connectivity index (χ1) is 8.47. The number of hydrogen-bond acceptors (Lipinski definition) is 3. The number of aryl methyl sites for hydroxylation is 2. The lowest BCUT2D eigenvalue weighted by atomic mass is 10.1. The maximum atomic E-state index is 11.8. The Hall–Kier alpha value is -1.42. The van der Waals surface area contributed by atoms with Gasteiger partial charge >= 0.3 is 0 Å². The average Bonchev–Trinajstić information content (AvgIpc) is 2.59. The molecule has 2 aromatic rings. The van der Waals surface area contributed by atoms with E-state index in [0.717, 1.165) is 21.6 Å². The van der Waals surface area contributed by atoms with Gasteiger partial charge in [-0.15, -0.1) is 11.3 Å². The van der Waals surface area contributed by atoms with Crippen LogP contribution in [-0.4, -0.2) is 10.9 Å². The van der Waals surface area contributed by atoms with E-state index in [2.05, 4.69) is 17.2 Å². The van der Waals surface area contributed by atoms with Crippen molar-refractivity contribution in [3.8, 4) is 0 Å². The summed E-state index contributed by atoms with van der Waals surface area (Å²) < 4.78 is 0. The van der Waals surface area contributed by atoms with Gasteiger partial charge in [0.15, 0.2) is 0 Å². The number of thiophene rings is 1. The lowest BCUT2D eigenvalue weighted by Crippen LogP contribution is -2.13. The molecule has 2 rings (SSSR count). The SMILES string of the molecule is Cc1cc(C)c2c(NC(=O)CC(C)C)csc2n1. The Morgan fingerprint density at radius 1 is 1.44 bits per heavy atom. The van der Waals surface area contributed by atoms with E-state index < -0.39 is 0 Å². The zero-order chi connectivity index (χ0) is 13.3. The molecule has 18 heavy (non-hydrogen) atoms. The zero-order valence-corrected chi connectivity index (χ0v) is 12.0. The number of carbonyl (C=O) groups is 1. The quantitative estimate of drug-likeness (QED) is 0.911. The normalized spacial score (nSPS) is 11.2. The van der Waals surface area contributed by atoms with Crippen LogP contribution in [0.3, 0.4) is 0 Å². The van der Waals surface area contributed by atoms with Crippen LogP contribution in [0.2, 0.25) is 0 Å². The van der Waals surface area contributed by atoms with E-state index in [1.165, 1.54) is 5.56 Å². The molecule has 0 bridgehead atoms. The Balaban J connectivity index is 2.32. The fraction of sp³-hybridized carbons (Fsp3) is 0.429. The predicted octanol–water partition coefficient (Wildman–Crippen LogP) is 3.90. The lowest BCUT2D eigenvalue weighted by Gasteiger charge is -2.07. The van der Waals surface area contributed by atoms with Crippen molar-refractivity contribution in [1.29, 1.82) is 0 Å². The van der Waals surface area contributed by atoms with Gasteiger partial charge < -0.3 is 5.32 Å². The van der Waals surface area contributed by atoms with E-state index in [9.17, 15) is 4.79 Å². The molecule has 0 aromatic carbocycles. The van der Waals surface area contributed by atoms with Crippen LogP contribution in [0.4, 0.5) is 5.69 Å². The Labute approximate surface area is 111 Å². The maximum Gasteiger partial charge on any atom is 0.224 e. The van der Waals surface area contributed by atoms with Crippen molar-refractivity contribution in [1.82, 2.24) is 4.98 Å². The standard InChI is InChI=1S/C14H18N2OS/c1-8(2)5-12(17)16-11-7-18-14-13(11)9(3)6-10(4)15-14/h6-8H,5H2,1-4H3,(H,16,17). The molecule has 0 aliphatic heterocycles. The number of amides is 1. The van der Waals surface area contributed by atoms with Gasteiger partial charge in [0.2, 0.25) is 5.91 Å². The number of pyridine rings is 1. The Morgan fingerprint density at radius 2 is 2.17 bits per heavy atom. The van der Waals surface area contributed by atoms with Gasteiger partial charge in [-0.2, -0.15) is 0 Å². The minimum absolute atomic E-state index is 0.0738. The number of aromatic nitrogens is 1. The van der Waals surface area contributed by atoms with E-state index in [0.29, 0.717) is 12.3 Å². The summed E-state index contributed by atoms with van der Waals surface area (Å²) in [6.45, 7) is 8.13. The Morgan fingerprint density at radius 3 is 2.83 bits per heavy atom. The summed E-state index contributed by atoms with van der Waals surface area (Å²) in [5.74, 6) is 0.445. The fourth-order valence-electron chi connectivity index (χ4n) is 2.05. The van der Waals surface area contributed by atoms with Gasteiger partial charge in [-0.3, -0.25) is 4.79 Å². The van der Waals surface area contributed by atoms with E-state index >= 15 is 0 Å². The molecule has 0 unspecified atom stereocenters. The highest BCUT2D eigenvalue weighted by molar-refractivity contribution is 7.17. The number of rotatable bonds is 3. The summed E-state index contributed by atoms with van der Waals surface area (Å²) in [6, 6.07) is 2.05. The van der Waals surface area contributed by atoms with Gasteiger partial charge in [0.1, 0.15) is 4.83 Å². The number of carbonyl (C=O) groups excluding carboxylic acids is 1. The van der Waals surface area contributed by atoms with Gasteiger partial charge in [-0.25, -0.2) is 4.98 Å².